The number of nitrogens with one attached hydrogen (secondary N) is 1. The highest BCUT2D eigenvalue weighted by atomic mass is 35.5. The first-order valence-electron chi connectivity index (χ1n) is 5.71. The summed E-state index contributed by atoms with van der Waals surface area (Å²) in [6, 6.07) is 0. The van der Waals surface area contributed by atoms with Crippen molar-refractivity contribution in [1.29, 1.82) is 0 Å². The van der Waals surface area contributed by atoms with Crippen LogP contribution < -0.4 is 5.32 Å². The van der Waals surface area contributed by atoms with Gasteiger partial charge in [-0.15, -0.1) is 11.3 Å². The van der Waals surface area contributed by atoms with Crippen LogP contribution >= 0.6 is 22.9 Å². The number of carbonyl (C=O) groups is 2. The Balaban J connectivity index is 2.11. The number of hydrogen-bond acceptors (Lipinski definition) is 3. The Kier molecular flexibility index (Phi) is 3.64. The van der Waals surface area contributed by atoms with Crippen LogP contribution in [0.4, 0.5) is 0 Å². The number of carboxylic acids is 1. The molecule has 0 bridgehead atoms. The molecule has 1 aromatic rings. The standard InChI is InChI=1S/C12H14ClNO3S/c1-7-6-18-10(9(7)13)11(17)14-12(3-2-4-12)5-8(15)16/h6H,2-5H2,1H3,(H,14,17)(H,15,16). The zero-order valence-electron chi connectivity index (χ0n) is 9.96. The van der Waals surface area contributed by atoms with Crippen molar-refractivity contribution in [3.8, 4) is 0 Å². The molecule has 0 unspecified atom stereocenters. The molecule has 0 aromatic carbocycles. The molecule has 18 heavy (non-hydrogen) atoms. The second-order valence-corrected chi connectivity index (χ2v) is 5.98. The summed E-state index contributed by atoms with van der Waals surface area (Å²) in [6.07, 6.45) is 2.35. The zero-order valence-corrected chi connectivity index (χ0v) is 11.5. The zero-order chi connectivity index (χ0) is 13.3. The smallest absolute Gasteiger partial charge is 0.305 e. The molecule has 1 heterocycles. The Hall–Kier alpha value is -1.07. The van der Waals surface area contributed by atoms with E-state index in [0.717, 1.165) is 12.0 Å². The predicted octanol–water partition coefficient (Wildman–Crippen LogP) is 2.84. The summed E-state index contributed by atoms with van der Waals surface area (Å²) in [5, 5.41) is 14.0. The molecule has 98 valence electrons. The third-order valence-corrected chi connectivity index (χ3v) is 4.98. The van der Waals surface area contributed by atoms with Gasteiger partial charge in [-0.2, -0.15) is 0 Å². The van der Waals surface area contributed by atoms with Crippen LogP contribution in [0, 0.1) is 6.92 Å². The van der Waals surface area contributed by atoms with Crippen molar-refractivity contribution in [2.24, 2.45) is 0 Å². The molecule has 1 fully saturated rings. The molecule has 2 rings (SSSR count). The van der Waals surface area contributed by atoms with Crippen LogP contribution in [0.25, 0.3) is 0 Å². The van der Waals surface area contributed by atoms with Gasteiger partial charge in [0.1, 0.15) is 4.88 Å². The minimum Gasteiger partial charge on any atom is -0.481 e. The van der Waals surface area contributed by atoms with E-state index in [9.17, 15) is 9.59 Å². The van der Waals surface area contributed by atoms with E-state index in [4.69, 9.17) is 16.7 Å². The van der Waals surface area contributed by atoms with Crippen molar-refractivity contribution in [2.45, 2.75) is 38.1 Å². The van der Waals surface area contributed by atoms with E-state index >= 15 is 0 Å². The molecule has 2 N–H and O–H groups in total. The van der Waals surface area contributed by atoms with Crippen molar-refractivity contribution >= 4 is 34.8 Å². The van der Waals surface area contributed by atoms with Gasteiger partial charge in [-0.3, -0.25) is 9.59 Å². The molecular weight excluding hydrogens is 274 g/mol. The van der Waals surface area contributed by atoms with Crippen molar-refractivity contribution in [3.63, 3.8) is 0 Å². The fraction of sp³-hybridized carbons (Fsp3) is 0.500. The molecule has 1 saturated carbocycles. The van der Waals surface area contributed by atoms with Crippen LogP contribution in [0.5, 0.6) is 0 Å². The number of rotatable bonds is 4. The first-order valence-corrected chi connectivity index (χ1v) is 6.97. The fourth-order valence-electron chi connectivity index (χ4n) is 2.12. The average molecular weight is 288 g/mol. The average Bonchev–Trinajstić information content (AvgIpc) is 2.56. The second-order valence-electron chi connectivity index (χ2n) is 4.72. The number of carbonyl (C=O) groups excluding carboxylic acids is 1. The minimum absolute atomic E-state index is 0.0271. The molecule has 0 aliphatic heterocycles. The molecular formula is C12H14ClNO3S. The number of aliphatic carboxylic acids is 1. The summed E-state index contributed by atoms with van der Waals surface area (Å²) in [5.41, 5.74) is 0.289. The number of hydrogen-bond donors (Lipinski definition) is 2. The number of amides is 1. The van der Waals surface area contributed by atoms with Crippen molar-refractivity contribution < 1.29 is 14.7 Å². The van der Waals surface area contributed by atoms with Gasteiger partial charge in [0.25, 0.3) is 5.91 Å². The molecule has 0 spiro atoms. The highest BCUT2D eigenvalue weighted by Gasteiger charge is 2.40. The van der Waals surface area contributed by atoms with Gasteiger partial charge < -0.3 is 10.4 Å². The highest BCUT2D eigenvalue weighted by molar-refractivity contribution is 7.13. The Labute approximate surface area is 114 Å². The van der Waals surface area contributed by atoms with E-state index < -0.39 is 11.5 Å². The van der Waals surface area contributed by atoms with Crippen LogP contribution in [0.2, 0.25) is 5.02 Å². The van der Waals surface area contributed by atoms with Crippen molar-refractivity contribution in [3.05, 3.63) is 20.8 Å². The summed E-state index contributed by atoms with van der Waals surface area (Å²) in [5.74, 6) is -1.15. The normalized spacial score (nSPS) is 17.0. The van der Waals surface area contributed by atoms with Gasteiger partial charge in [-0.25, -0.2) is 0 Å². The molecule has 0 saturated heterocycles. The van der Waals surface area contributed by atoms with Crippen LogP contribution in [0.3, 0.4) is 0 Å². The third kappa shape index (κ3) is 2.52. The van der Waals surface area contributed by atoms with Gasteiger partial charge in [0, 0.05) is 0 Å². The van der Waals surface area contributed by atoms with E-state index in [2.05, 4.69) is 5.32 Å². The van der Waals surface area contributed by atoms with Crippen LogP contribution in [0.15, 0.2) is 5.38 Å². The summed E-state index contributed by atoms with van der Waals surface area (Å²) in [6.45, 7) is 1.84. The maximum atomic E-state index is 12.1. The van der Waals surface area contributed by atoms with Crippen LogP contribution in [-0.4, -0.2) is 22.5 Å². The third-order valence-electron chi connectivity index (χ3n) is 3.28. The van der Waals surface area contributed by atoms with E-state index in [1.54, 1.807) is 0 Å². The van der Waals surface area contributed by atoms with Crippen molar-refractivity contribution in [1.82, 2.24) is 5.32 Å². The highest BCUT2D eigenvalue weighted by Crippen LogP contribution is 2.36. The van der Waals surface area contributed by atoms with E-state index in [1.165, 1.54) is 11.3 Å². The Morgan fingerprint density at radius 3 is 2.61 bits per heavy atom. The summed E-state index contributed by atoms with van der Waals surface area (Å²) >= 11 is 7.32. The second kappa shape index (κ2) is 4.90. The lowest BCUT2D eigenvalue weighted by atomic mass is 9.74. The van der Waals surface area contributed by atoms with Gasteiger partial charge in [-0.1, -0.05) is 11.6 Å². The van der Waals surface area contributed by atoms with Gasteiger partial charge in [0.15, 0.2) is 0 Å². The van der Waals surface area contributed by atoms with Crippen LogP contribution in [0.1, 0.15) is 40.9 Å². The van der Waals surface area contributed by atoms with E-state index in [0.29, 0.717) is 22.7 Å². The number of aryl methyl sites for hydroxylation is 1. The fourth-order valence-corrected chi connectivity index (χ4v) is 3.29. The summed E-state index contributed by atoms with van der Waals surface area (Å²) in [7, 11) is 0. The predicted molar refractivity (Wildman–Crippen MR) is 70.4 cm³/mol. The number of carboxylic acid groups (broad SMARTS) is 1. The topological polar surface area (TPSA) is 66.4 Å². The molecule has 1 aromatic heterocycles. The lowest BCUT2D eigenvalue weighted by Crippen LogP contribution is -2.54. The van der Waals surface area contributed by atoms with Gasteiger partial charge >= 0.3 is 5.97 Å². The van der Waals surface area contributed by atoms with E-state index in [1.807, 2.05) is 12.3 Å². The Morgan fingerprint density at radius 1 is 1.56 bits per heavy atom. The largest absolute Gasteiger partial charge is 0.481 e. The van der Waals surface area contributed by atoms with Gasteiger partial charge in [0.2, 0.25) is 0 Å². The monoisotopic (exact) mass is 287 g/mol. The lowest BCUT2D eigenvalue weighted by molar-refractivity contribution is -0.139. The minimum atomic E-state index is -0.886. The number of halogens is 1. The molecule has 0 atom stereocenters. The first kappa shape index (κ1) is 13.4. The van der Waals surface area contributed by atoms with Gasteiger partial charge in [-0.05, 0) is 37.1 Å². The van der Waals surface area contributed by atoms with Crippen LogP contribution in [-0.2, 0) is 4.79 Å². The molecule has 0 radical (unpaired) electrons. The summed E-state index contributed by atoms with van der Waals surface area (Å²) < 4.78 is 0. The molecule has 6 heteroatoms. The lowest BCUT2D eigenvalue weighted by Gasteiger charge is -2.41. The molecule has 1 aliphatic carbocycles. The van der Waals surface area contributed by atoms with Gasteiger partial charge in [0.05, 0.1) is 17.0 Å². The Morgan fingerprint density at radius 2 is 2.22 bits per heavy atom. The SMILES string of the molecule is Cc1csc(C(=O)NC2(CC(=O)O)CCC2)c1Cl. The molecule has 4 nitrogen and oxygen atoms in total. The summed E-state index contributed by atoms with van der Waals surface area (Å²) in [4.78, 5) is 23.4. The quantitative estimate of drug-likeness (QED) is 0.895. The first-order chi connectivity index (χ1) is 8.43. The molecule has 1 aliphatic rings. The maximum absolute atomic E-state index is 12.1. The van der Waals surface area contributed by atoms with E-state index in [-0.39, 0.29) is 12.3 Å². The number of thiophene rings is 1. The van der Waals surface area contributed by atoms with Crippen molar-refractivity contribution in [2.75, 3.05) is 0 Å². The Bertz CT molecular complexity index is 494. The maximum Gasteiger partial charge on any atom is 0.305 e. The molecule has 1 amide bonds.